The van der Waals surface area contributed by atoms with Crippen LogP contribution in [0.25, 0.3) is 0 Å². The summed E-state index contributed by atoms with van der Waals surface area (Å²) in [7, 11) is 1.38. The summed E-state index contributed by atoms with van der Waals surface area (Å²) < 4.78 is 18.1. The van der Waals surface area contributed by atoms with Gasteiger partial charge in [-0.05, 0) is 24.0 Å². The molecule has 0 fully saturated rings. The second-order valence-corrected chi connectivity index (χ2v) is 6.13. The van der Waals surface area contributed by atoms with Crippen LogP contribution in [-0.4, -0.2) is 19.1 Å². The van der Waals surface area contributed by atoms with E-state index in [2.05, 4.69) is 26.1 Å². The summed E-state index contributed by atoms with van der Waals surface area (Å²) in [6, 6.07) is 3.99. The molecule has 1 aromatic carbocycles. The van der Waals surface area contributed by atoms with E-state index in [0.29, 0.717) is 5.69 Å². The van der Waals surface area contributed by atoms with Crippen molar-refractivity contribution in [1.29, 1.82) is 0 Å². The molecule has 0 saturated heterocycles. The molecule has 0 aromatic heterocycles. The molecule has 1 amide bonds. The Labute approximate surface area is 119 Å². The number of ether oxygens (including phenoxy) is 1. The van der Waals surface area contributed by atoms with Gasteiger partial charge in [-0.2, -0.15) is 0 Å². The smallest absolute Gasteiger partial charge is 0.225 e. The Morgan fingerprint density at radius 1 is 1.45 bits per heavy atom. The van der Waals surface area contributed by atoms with Crippen LogP contribution in [0.5, 0.6) is 5.75 Å². The monoisotopic (exact) mass is 282 g/mol. The van der Waals surface area contributed by atoms with E-state index in [1.165, 1.54) is 25.3 Å². The molecule has 1 rings (SSSR count). The Hall–Kier alpha value is -1.62. The minimum absolute atomic E-state index is 0.0821. The topological polar surface area (TPSA) is 64.3 Å². The number of rotatable bonds is 5. The van der Waals surface area contributed by atoms with Crippen LogP contribution >= 0.6 is 0 Å². The summed E-state index contributed by atoms with van der Waals surface area (Å²) in [5, 5.41) is 2.69. The van der Waals surface area contributed by atoms with Crippen molar-refractivity contribution in [2.75, 3.05) is 12.4 Å². The van der Waals surface area contributed by atoms with E-state index in [1.807, 2.05) is 0 Å². The van der Waals surface area contributed by atoms with Crippen LogP contribution in [0.3, 0.4) is 0 Å². The van der Waals surface area contributed by atoms with Gasteiger partial charge in [0.25, 0.3) is 0 Å². The molecule has 0 saturated carbocycles. The van der Waals surface area contributed by atoms with Crippen molar-refractivity contribution >= 4 is 11.6 Å². The molecule has 0 bridgehead atoms. The van der Waals surface area contributed by atoms with E-state index in [0.717, 1.165) is 6.42 Å². The predicted molar refractivity (Wildman–Crippen MR) is 78.2 cm³/mol. The Morgan fingerprint density at radius 2 is 2.10 bits per heavy atom. The number of methoxy groups -OCH3 is 1. The van der Waals surface area contributed by atoms with Crippen molar-refractivity contribution in [3.8, 4) is 5.75 Å². The third kappa shape index (κ3) is 5.57. The maximum Gasteiger partial charge on any atom is 0.225 e. The molecule has 5 heteroatoms. The molecule has 0 aliphatic heterocycles. The molecule has 0 radical (unpaired) electrons. The van der Waals surface area contributed by atoms with Crippen LogP contribution in [0.4, 0.5) is 10.1 Å². The highest BCUT2D eigenvalue weighted by Gasteiger charge is 2.18. The fourth-order valence-electron chi connectivity index (χ4n) is 2.05. The molecule has 4 nitrogen and oxygen atoms in total. The van der Waals surface area contributed by atoms with Crippen LogP contribution in [0.1, 0.15) is 33.6 Å². The molecule has 1 unspecified atom stereocenters. The van der Waals surface area contributed by atoms with Crippen LogP contribution in [0.2, 0.25) is 0 Å². The van der Waals surface area contributed by atoms with Gasteiger partial charge < -0.3 is 15.8 Å². The zero-order chi connectivity index (χ0) is 15.3. The first kappa shape index (κ1) is 16.4. The number of hydrogen-bond acceptors (Lipinski definition) is 3. The minimum atomic E-state index is -0.463. The van der Waals surface area contributed by atoms with E-state index in [-0.39, 0.29) is 29.5 Å². The van der Waals surface area contributed by atoms with Crippen molar-refractivity contribution < 1.29 is 13.9 Å². The molecule has 0 aliphatic rings. The number of nitrogens with two attached hydrogens (primary N) is 1. The van der Waals surface area contributed by atoms with E-state index < -0.39 is 5.82 Å². The summed E-state index contributed by atoms with van der Waals surface area (Å²) in [6.45, 7) is 6.24. The van der Waals surface area contributed by atoms with Crippen LogP contribution in [-0.2, 0) is 4.79 Å². The van der Waals surface area contributed by atoms with Crippen molar-refractivity contribution in [3.05, 3.63) is 24.0 Å². The Bertz CT molecular complexity index is 469. The predicted octanol–water partition coefficient (Wildman–Crippen LogP) is 2.93. The molecule has 1 atom stereocenters. The lowest BCUT2D eigenvalue weighted by Crippen LogP contribution is -2.31. The van der Waals surface area contributed by atoms with Gasteiger partial charge in [0.05, 0.1) is 7.11 Å². The zero-order valence-corrected chi connectivity index (χ0v) is 12.5. The van der Waals surface area contributed by atoms with Gasteiger partial charge in [0, 0.05) is 24.2 Å². The van der Waals surface area contributed by atoms with E-state index in [1.54, 1.807) is 0 Å². The van der Waals surface area contributed by atoms with Gasteiger partial charge in [-0.15, -0.1) is 0 Å². The summed E-state index contributed by atoms with van der Waals surface area (Å²) in [5.74, 6) is -0.549. The molecule has 112 valence electrons. The maximum atomic E-state index is 13.2. The normalized spacial score (nSPS) is 12.9. The average Bonchev–Trinajstić information content (AvgIpc) is 2.28. The zero-order valence-electron chi connectivity index (χ0n) is 12.5. The van der Waals surface area contributed by atoms with Crippen molar-refractivity contribution in [3.63, 3.8) is 0 Å². The minimum Gasteiger partial charge on any atom is -0.494 e. The lowest BCUT2D eigenvalue weighted by molar-refractivity contribution is -0.116. The largest absolute Gasteiger partial charge is 0.494 e. The highest BCUT2D eigenvalue weighted by Crippen LogP contribution is 2.23. The lowest BCUT2D eigenvalue weighted by Gasteiger charge is -2.22. The summed E-state index contributed by atoms with van der Waals surface area (Å²) in [4.78, 5) is 11.9. The van der Waals surface area contributed by atoms with E-state index >= 15 is 0 Å². The molecule has 0 spiro atoms. The number of benzene rings is 1. The van der Waals surface area contributed by atoms with Gasteiger partial charge >= 0.3 is 0 Å². The molecule has 0 heterocycles. The third-order valence-electron chi connectivity index (χ3n) is 2.76. The van der Waals surface area contributed by atoms with Crippen molar-refractivity contribution in [2.45, 2.75) is 39.7 Å². The fraction of sp³-hybridized carbons (Fsp3) is 0.533. The standard InChI is InChI=1S/C15H23FN2O2/c1-15(2,3)9-10(17)7-14(19)18-11-5-6-12(16)13(8-11)20-4/h5-6,8,10H,7,9,17H2,1-4H3,(H,18,19). The second kappa shape index (κ2) is 6.70. The summed E-state index contributed by atoms with van der Waals surface area (Å²) in [5.41, 5.74) is 6.53. The molecular weight excluding hydrogens is 259 g/mol. The number of nitrogens with one attached hydrogen (secondary N) is 1. The number of hydrogen-bond donors (Lipinski definition) is 2. The molecular formula is C15H23FN2O2. The summed E-state index contributed by atoms with van der Waals surface area (Å²) in [6.07, 6.45) is 0.990. The number of carbonyl (C=O) groups is 1. The second-order valence-electron chi connectivity index (χ2n) is 6.13. The van der Waals surface area contributed by atoms with Gasteiger partial charge in [-0.3, -0.25) is 4.79 Å². The van der Waals surface area contributed by atoms with Gasteiger partial charge in [-0.1, -0.05) is 20.8 Å². The molecule has 20 heavy (non-hydrogen) atoms. The van der Waals surface area contributed by atoms with Gasteiger partial charge in [0.15, 0.2) is 11.6 Å². The first-order valence-electron chi connectivity index (χ1n) is 6.60. The van der Waals surface area contributed by atoms with Crippen molar-refractivity contribution in [2.24, 2.45) is 11.1 Å². The molecule has 0 aliphatic carbocycles. The first-order valence-corrected chi connectivity index (χ1v) is 6.60. The number of carbonyl (C=O) groups excluding carboxylic acids is 1. The fourth-order valence-corrected chi connectivity index (χ4v) is 2.05. The van der Waals surface area contributed by atoms with Gasteiger partial charge in [0.1, 0.15) is 0 Å². The lowest BCUT2D eigenvalue weighted by atomic mass is 9.87. The van der Waals surface area contributed by atoms with Crippen LogP contribution < -0.4 is 15.8 Å². The third-order valence-corrected chi connectivity index (χ3v) is 2.76. The maximum absolute atomic E-state index is 13.2. The van der Waals surface area contributed by atoms with E-state index in [9.17, 15) is 9.18 Å². The summed E-state index contributed by atoms with van der Waals surface area (Å²) >= 11 is 0. The Balaban J connectivity index is 2.58. The molecule has 3 N–H and O–H groups in total. The van der Waals surface area contributed by atoms with Gasteiger partial charge in [0.2, 0.25) is 5.91 Å². The average molecular weight is 282 g/mol. The first-order chi connectivity index (χ1) is 9.21. The van der Waals surface area contributed by atoms with Crippen molar-refractivity contribution in [1.82, 2.24) is 0 Å². The Kier molecular flexibility index (Phi) is 5.51. The highest BCUT2D eigenvalue weighted by atomic mass is 19.1. The highest BCUT2D eigenvalue weighted by molar-refractivity contribution is 5.91. The Morgan fingerprint density at radius 3 is 2.65 bits per heavy atom. The van der Waals surface area contributed by atoms with Crippen LogP contribution in [0, 0.1) is 11.2 Å². The van der Waals surface area contributed by atoms with Gasteiger partial charge in [-0.25, -0.2) is 4.39 Å². The quantitative estimate of drug-likeness (QED) is 0.872. The molecule has 1 aromatic rings. The number of halogens is 1. The van der Waals surface area contributed by atoms with Crippen LogP contribution in [0.15, 0.2) is 18.2 Å². The van der Waals surface area contributed by atoms with E-state index in [4.69, 9.17) is 10.5 Å². The number of anilines is 1. The SMILES string of the molecule is COc1cc(NC(=O)CC(N)CC(C)(C)C)ccc1F. The number of amides is 1.